The standard InChI is InChI=1S/C18H12ClF2N/c19-14-7-5-12(6-8-14)11-1-3-13(4-2-11)15-9-17(21)18(22)10-16(15)20/h1-10H,22H2. The summed E-state index contributed by atoms with van der Waals surface area (Å²) in [6.45, 7) is 0. The van der Waals surface area contributed by atoms with E-state index in [2.05, 4.69) is 0 Å². The quantitative estimate of drug-likeness (QED) is 0.618. The summed E-state index contributed by atoms with van der Waals surface area (Å²) in [4.78, 5) is 0. The van der Waals surface area contributed by atoms with Crippen molar-refractivity contribution >= 4 is 17.3 Å². The maximum atomic E-state index is 13.9. The van der Waals surface area contributed by atoms with Gasteiger partial charge in [-0.2, -0.15) is 0 Å². The van der Waals surface area contributed by atoms with Crippen LogP contribution in [0.2, 0.25) is 5.02 Å². The fourth-order valence-electron chi connectivity index (χ4n) is 2.27. The summed E-state index contributed by atoms with van der Waals surface area (Å²) in [5, 5.41) is 0.666. The number of rotatable bonds is 2. The van der Waals surface area contributed by atoms with E-state index in [1.54, 1.807) is 24.3 Å². The molecule has 0 spiro atoms. The van der Waals surface area contributed by atoms with Gasteiger partial charge in [0, 0.05) is 16.7 Å². The summed E-state index contributed by atoms with van der Waals surface area (Å²) < 4.78 is 27.4. The molecule has 3 aromatic carbocycles. The third kappa shape index (κ3) is 2.81. The number of hydrogen-bond donors (Lipinski definition) is 1. The molecule has 0 atom stereocenters. The Morgan fingerprint density at radius 2 is 1.18 bits per heavy atom. The number of halogens is 3. The van der Waals surface area contributed by atoms with Crippen molar-refractivity contribution < 1.29 is 8.78 Å². The van der Waals surface area contributed by atoms with Gasteiger partial charge in [-0.1, -0.05) is 48.0 Å². The largest absolute Gasteiger partial charge is 0.396 e. The normalized spacial score (nSPS) is 10.7. The summed E-state index contributed by atoms with van der Waals surface area (Å²) >= 11 is 5.86. The topological polar surface area (TPSA) is 26.0 Å². The monoisotopic (exact) mass is 315 g/mol. The van der Waals surface area contributed by atoms with Crippen molar-refractivity contribution in [1.82, 2.24) is 0 Å². The molecule has 0 fully saturated rings. The van der Waals surface area contributed by atoms with E-state index in [0.29, 0.717) is 10.6 Å². The lowest BCUT2D eigenvalue weighted by atomic mass is 10.00. The molecule has 0 aromatic heterocycles. The number of hydrogen-bond acceptors (Lipinski definition) is 1. The molecule has 22 heavy (non-hydrogen) atoms. The van der Waals surface area contributed by atoms with Crippen molar-refractivity contribution in [1.29, 1.82) is 0 Å². The van der Waals surface area contributed by atoms with Crippen molar-refractivity contribution in [2.45, 2.75) is 0 Å². The van der Waals surface area contributed by atoms with Crippen molar-refractivity contribution in [3.8, 4) is 22.3 Å². The third-order valence-electron chi connectivity index (χ3n) is 3.46. The van der Waals surface area contributed by atoms with Crippen LogP contribution in [-0.2, 0) is 0 Å². The van der Waals surface area contributed by atoms with Gasteiger partial charge in [0.15, 0.2) is 0 Å². The molecule has 0 radical (unpaired) electrons. The molecule has 0 amide bonds. The van der Waals surface area contributed by atoms with Crippen LogP contribution in [0.1, 0.15) is 0 Å². The molecule has 3 aromatic rings. The van der Waals surface area contributed by atoms with Gasteiger partial charge >= 0.3 is 0 Å². The molecule has 0 saturated heterocycles. The SMILES string of the molecule is Nc1cc(F)c(-c2ccc(-c3ccc(Cl)cc3)cc2)cc1F. The Balaban J connectivity index is 1.98. The fourth-order valence-corrected chi connectivity index (χ4v) is 2.39. The molecule has 0 heterocycles. The Labute approximate surface area is 132 Å². The first kappa shape index (κ1) is 14.5. The van der Waals surface area contributed by atoms with Crippen LogP contribution in [0.4, 0.5) is 14.5 Å². The minimum absolute atomic E-state index is 0.189. The van der Waals surface area contributed by atoms with E-state index in [4.69, 9.17) is 17.3 Å². The second-order valence-corrected chi connectivity index (χ2v) is 5.37. The van der Waals surface area contributed by atoms with Crippen LogP contribution in [0.3, 0.4) is 0 Å². The Morgan fingerprint density at radius 1 is 0.682 bits per heavy atom. The second-order valence-electron chi connectivity index (χ2n) is 4.94. The fraction of sp³-hybridized carbons (Fsp3) is 0. The van der Waals surface area contributed by atoms with Crippen molar-refractivity contribution in [3.63, 3.8) is 0 Å². The van der Waals surface area contributed by atoms with Crippen LogP contribution in [0, 0.1) is 11.6 Å². The maximum absolute atomic E-state index is 13.9. The zero-order chi connectivity index (χ0) is 15.7. The summed E-state index contributed by atoms with van der Waals surface area (Å²) in [7, 11) is 0. The van der Waals surface area contributed by atoms with Crippen LogP contribution in [-0.4, -0.2) is 0 Å². The minimum atomic E-state index is -0.627. The Morgan fingerprint density at radius 3 is 1.77 bits per heavy atom. The van der Waals surface area contributed by atoms with E-state index in [-0.39, 0.29) is 11.3 Å². The van der Waals surface area contributed by atoms with Crippen molar-refractivity contribution in [2.24, 2.45) is 0 Å². The molecule has 1 nitrogen and oxygen atoms in total. The van der Waals surface area contributed by atoms with Crippen molar-refractivity contribution in [3.05, 3.63) is 77.3 Å². The van der Waals surface area contributed by atoms with E-state index < -0.39 is 11.6 Å². The molecule has 0 bridgehead atoms. The van der Waals surface area contributed by atoms with E-state index in [1.165, 1.54) is 0 Å². The molecule has 0 aliphatic carbocycles. The zero-order valence-electron chi connectivity index (χ0n) is 11.5. The summed E-state index contributed by atoms with van der Waals surface area (Å²) in [6.07, 6.45) is 0. The maximum Gasteiger partial charge on any atom is 0.146 e. The summed E-state index contributed by atoms with van der Waals surface area (Å²) in [5.74, 6) is -1.17. The molecule has 3 rings (SSSR count). The minimum Gasteiger partial charge on any atom is -0.396 e. The van der Waals surface area contributed by atoms with Crippen LogP contribution in [0.5, 0.6) is 0 Å². The summed E-state index contributed by atoms with van der Waals surface area (Å²) in [6, 6.07) is 16.7. The van der Waals surface area contributed by atoms with Gasteiger partial charge < -0.3 is 5.73 Å². The first-order valence-electron chi connectivity index (χ1n) is 6.65. The van der Waals surface area contributed by atoms with Crippen LogP contribution in [0.15, 0.2) is 60.7 Å². The number of anilines is 1. The smallest absolute Gasteiger partial charge is 0.146 e. The molecular formula is C18H12ClF2N. The Hall–Kier alpha value is -2.39. The molecule has 0 aliphatic heterocycles. The highest BCUT2D eigenvalue weighted by atomic mass is 35.5. The number of nitrogens with two attached hydrogens (primary N) is 1. The Bertz CT molecular complexity index is 812. The van der Waals surface area contributed by atoms with Gasteiger partial charge in [-0.3, -0.25) is 0 Å². The summed E-state index contributed by atoms with van der Waals surface area (Å²) in [5.41, 5.74) is 7.91. The second kappa shape index (κ2) is 5.78. The molecule has 0 aliphatic rings. The van der Waals surface area contributed by atoms with Gasteiger partial charge in [0.2, 0.25) is 0 Å². The molecule has 4 heteroatoms. The van der Waals surface area contributed by atoms with Gasteiger partial charge in [-0.25, -0.2) is 8.78 Å². The van der Waals surface area contributed by atoms with Crippen LogP contribution < -0.4 is 5.73 Å². The molecule has 0 saturated carbocycles. The lowest BCUT2D eigenvalue weighted by molar-refractivity contribution is 0.607. The highest BCUT2D eigenvalue weighted by Gasteiger charge is 2.10. The van der Waals surface area contributed by atoms with E-state index >= 15 is 0 Å². The van der Waals surface area contributed by atoms with Crippen molar-refractivity contribution in [2.75, 3.05) is 5.73 Å². The highest BCUT2D eigenvalue weighted by Crippen LogP contribution is 2.29. The number of nitrogen functional groups attached to an aromatic ring is 1. The van der Waals surface area contributed by atoms with Crippen LogP contribution in [0.25, 0.3) is 22.3 Å². The van der Waals surface area contributed by atoms with E-state index in [9.17, 15) is 8.78 Å². The zero-order valence-corrected chi connectivity index (χ0v) is 12.2. The van der Waals surface area contributed by atoms with E-state index in [1.807, 2.05) is 24.3 Å². The molecule has 0 unspecified atom stereocenters. The Kier molecular flexibility index (Phi) is 3.82. The van der Waals surface area contributed by atoms with Crippen LogP contribution >= 0.6 is 11.6 Å². The predicted molar refractivity (Wildman–Crippen MR) is 86.7 cm³/mol. The first-order valence-corrected chi connectivity index (χ1v) is 7.03. The van der Waals surface area contributed by atoms with E-state index in [0.717, 1.165) is 23.3 Å². The third-order valence-corrected chi connectivity index (χ3v) is 3.71. The average molecular weight is 316 g/mol. The first-order chi connectivity index (χ1) is 10.5. The van der Waals surface area contributed by atoms with Gasteiger partial charge in [0.25, 0.3) is 0 Å². The molecular weight excluding hydrogens is 304 g/mol. The van der Waals surface area contributed by atoms with Gasteiger partial charge in [-0.15, -0.1) is 0 Å². The highest BCUT2D eigenvalue weighted by molar-refractivity contribution is 6.30. The lowest BCUT2D eigenvalue weighted by Gasteiger charge is -2.07. The average Bonchev–Trinajstić information content (AvgIpc) is 2.52. The number of benzene rings is 3. The lowest BCUT2D eigenvalue weighted by Crippen LogP contribution is -1.94. The van der Waals surface area contributed by atoms with Gasteiger partial charge in [0.05, 0.1) is 5.69 Å². The van der Waals surface area contributed by atoms with Gasteiger partial charge in [0.1, 0.15) is 11.6 Å². The predicted octanol–water partition coefficient (Wildman–Crippen LogP) is 5.53. The molecule has 2 N–H and O–H groups in total. The van der Waals surface area contributed by atoms with Gasteiger partial charge in [-0.05, 0) is 34.9 Å². The molecule has 110 valence electrons.